The van der Waals surface area contributed by atoms with Crippen LogP contribution in [0.15, 0.2) is 6.20 Å². The van der Waals surface area contributed by atoms with Crippen molar-refractivity contribution in [3.63, 3.8) is 0 Å². The summed E-state index contributed by atoms with van der Waals surface area (Å²) in [6.45, 7) is 5.53. The molecule has 0 aliphatic rings. The molecule has 0 atom stereocenters. The van der Waals surface area contributed by atoms with Gasteiger partial charge in [0.25, 0.3) is 0 Å². The van der Waals surface area contributed by atoms with Gasteiger partial charge in [-0.3, -0.25) is 4.68 Å². The van der Waals surface area contributed by atoms with E-state index in [4.69, 9.17) is 0 Å². The van der Waals surface area contributed by atoms with Crippen LogP contribution in [0, 0.1) is 0 Å². The van der Waals surface area contributed by atoms with Crippen molar-refractivity contribution in [2.75, 3.05) is 0 Å². The maximum Gasteiger partial charge on any atom is 0.0827 e. The molecule has 0 spiro atoms. The molecule has 3 heteroatoms. The van der Waals surface area contributed by atoms with Crippen LogP contribution in [-0.2, 0) is 13.0 Å². The SMILES string of the molecule is CCCCCCCn1cc(CCCCCC)nn1. The molecule has 0 amide bonds. The lowest BCUT2D eigenvalue weighted by Crippen LogP contribution is -1.98. The van der Waals surface area contributed by atoms with Crippen molar-refractivity contribution in [2.45, 2.75) is 84.6 Å². The number of unbranched alkanes of at least 4 members (excludes halogenated alkanes) is 7. The second-order valence-electron chi connectivity index (χ2n) is 5.20. The highest BCUT2D eigenvalue weighted by atomic mass is 15.4. The van der Waals surface area contributed by atoms with Gasteiger partial charge in [0.2, 0.25) is 0 Å². The van der Waals surface area contributed by atoms with Gasteiger partial charge in [-0.25, -0.2) is 0 Å². The third kappa shape index (κ3) is 6.77. The summed E-state index contributed by atoms with van der Waals surface area (Å²) in [5.74, 6) is 0. The molecule has 0 N–H and O–H groups in total. The second kappa shape index (κ2) is 10.1. The predicted molar refractivity (Wildman–Crippen MR) is 76.6 cm³/mol. The smallest absolute Gasteiger partial charge is 0.0827 e. The Hall–Kier alpha value is -0.860. The molecule has 0 aromatic carbocycles. The van der Waals surface area contributed by atoms with Crippen molar-refractivity contribution in [3.8, 4) is 0 Å². The Morgan fingerprint density at radius 2 is 1.56 bits per heavy atom. The summed E-state index contributed by atoms with van der Waals surface area (Å²) in [7, 11) is 0. The maximum atomic E-state index is 4.24. The molecular formula is C15H29N3. The lowest BCUT2D eigenvalue weighted by atomic mass is 10.1. The number of rotatable bonds is 11. The summed E-state index contributed by atoms with van der Waals surface area (Å²) < 4.78 is 2.01. The Kier molecular flexibility index (Phi) is 8.53. The average molecular weight is 251 g/mol. The fourth-order valence-corrected chi connectivity index (χ4v) is 2.17. The number of nitrogens with zero attached hydrogens (tertiary/aromatic N) is 3. The van der Waals surface area contributed by atoms with Gasteiger partial charge in [0, 0.05) is 12.7 Å². The van der Waals surface area contributed by atoms with E-state index in [0.29, 0.717) is 0 Å². The van der Waals surface area contributed by atoms with Crippen LogP contribution >= 0.6 is 0 Å². The average Bonchev–Trinajstić information content (AvgIpc) is 2.82. The van der Waals surface area contributed by atoms with Crippen molar-refractivity contribution in [1.82, 2.24) is 15.0 Å². The monoisotopic (exact) mass is 251 g/mol. The minimum Gasteiger partial charge on any atom is -0.252 e. The molecule has 1 rings (SSSR count). The first-order valence-electron chi connectivity index (χ1n) is 7.75. The topological polar surface area (TPSA) is 30.7 Å². The predicted octanol–water partition coefficient (Wildman–Crippen LogP) is 4.37. The first-order chi connectivity index (χ1) is 8.86. The third-order valence-corrected chi connectivity index (χ3v) is 3.36. The summed E-state index contributed by atoms with van der Waals surface area (Å²) in [5, 5.41) is 8.44. The molecule has 0 saturated carbocycles. The number of aryl methyl sites for hydroxylation is 2. The summed E-state index contributed by atoms with van der Waals surface area (Å²) in [6.07, 6.45) is 15.0. The van der Waals surface area contributed by atoms with E-state index in [9.17, 15) is 0 Å². The molecule has 1 aromatic heterocycles. The highest BCUT2D eigenvalue weighted by Crippen LogP contribution is 2.07. The van der Waals surface area contributed by atoms with E-state index in [1.807, 2.05) is 4.68 Å². The van der Waals surface area contributed by atoms with Crippen LogP contribution in [-0.4, -0.2) is 15.0 Å². The van der Waals surface area contributed by atoms with E-state index in [0.717, 1.165) is 13.0 Å². The summed E-state index contributed by atoms with van der Waals surface area (Å²) in [6, 6.07) is 0. The molecule has 0 bridgehead atoms. The van der Waals surface area contributed by atoms with Crippen molar-refractivity contribution in [2.24, 2.45) is 0 Å². The van der Waals surface area contributed by atoms with E-state index in [1.54, 1.807) is 0 Å². The van der Waals surface area contributed by atoms with E-state index in [2.05, 4.69) is 30.4 Å². The van der Waals surface area contributed by atoms with Crippen molar-refractivity contribution in [1.29, 1.82) is 0 Å². The second-order valence-corrected chi connectivity index (χ2v) is 5.20. The molecule has 1 aromatic rings. The van der Waals surface area contributed by atoms with E-state index < -0.39 is 0 Å². The van der Waals surface area contributed by atoms with Gasteiger partial charge in [-0.2, -0.15) is 0 Å². The van der Waals surface area contributed by atoms with Gasteiger partial charge < -0.3 is 0 Å². The van der Waals surface area contributed by atoms with E-state index >= 15 is 0 Å². The van der Waals surface area contributed by atoms with Crippen LogP contribution in [0.1, 0.15) is 77.3 Å². The molecule has 18 heavy (non-hydrogen) atoms. The molecule has 0 aliphatic carbocycles. The highest BCUT2D eigenvalue weighted by molar-refractivity contribution is 4.92. The zero-order valence-electron chi connectivity index (χ0n) is 12.2. The summed E-state index contributed by atoms with van der Waals surface area (Å²) in [5.41, 5.74) is 1.17. The molecule has 3 nitrogen and oxygen atoms in total. The van der Waals surface area contributed by atoms with Crippen LogP contribution in [0.3, 0.4) is 0 Å². The normalized spacial score (nSPS) is 11.0. The van der Waals surface area contributed by atoms with Gasteiger partial charge in [-0.1, -0.05) is 64.0 Å². The van der Waals surface area contributed by atoms with Gasteiger partial charge in [0.05, 0.1) is 5.69 Å². The van der Waals surface area contributed by atoms with Crippen LogP contribution < -0.4 is 0 Å². The summed E-state index contributed by atoms with van der Waals surface area (Å²) in [4.78, 5) is 0. The molecular weight excluding hydrogens is 222 g/mol. The van der Waals surface area contributed by atoms with Gasteiger partial charge in [0.15, 0.2) is 0 Å². The number of aromatic nitrogens is 3. The zero-order valence-corrected chi connectivity index (χ0v) is 12.2. The Morgan fingerprint density at radius 3 is 2.28 bits per heavy atom. The van der Waals surface area contributed by atoms with Crippen molar-refractivity contribution < 1.29 is 0 Å². The quantitative estimate of drug-likeness (QED) is 0.547. The highest BCUT2D eigenvalue weighted by Gasteiger charge is 2.00. The standard InChI is InChI=1S/C15H29N3/c1-3-5-7-9-11-13-18-14-15(16-17-18)12-10-8-6-4-2/h14H,3-13H2,1-2H3. The molecule has 1 heterocycles. The molecule has 0 unspecified atom stereocenters. The summed E-state index contributed by atoms with van der Waals surface area (Å²) >= 11 is 0. The first-order valence-corrected chi connectivity index (χ1v) is 7.75. The van der Waals surface area contributed by atoms with E-state index in [1.165, 1.54) is 63.5 Å². The molecule has 0 saturated heterocycles. The molecule has 104 valence electrons. The number of hydrogen-bond acceptors (Lipinski definition) is 2. The van der Waals surface area contributed by atoms with E-state index in [-0.39, 0.29) is 0 Å². The molecule has 0 fully saturated rings. The first kappa shape index (κ1) is 15.2. The molecule has 0 aliphatic heterocycles. The van der Waals surface area contributed by atoms with Gasteiger partial charge >= 0.3 is 0 Å². The Balaban J connectivity index is 2.10. The van der Waals surface area contributed by atoms with Crippen LogP contribution in [0.4, 0.5) is 0 Å². The Labute approximate surface area is 112 Å². The minimum absolute atomic E-state index is 1.03. The Morgan fingerprint density at radius 1 is 0.889 bits per heavy atom. The van der Waals surface area contributed by atoms with Crippen molar-refractivity contribution >= 4 is 0 Å². The van der Waals surface area contributed by atoms with Crippen LogP contribution in [0.5, 0.6) is 0 Å². The van der Waals surface area contributed by atoms with Crippen LogP contribution in [0.2, 0.25) is 0 Å². The van der Waals surface area contributed by atoms with Gasteiger partial charge in [-0.05, 0) is 19.3 Å². The fraction of sp³-hybridized carbons (Fsp3) is 0.867. The lowest BCUT2D eigenvalue weighted by molar-refractivity contribution is 0.521. The van der Waals surface area contributed by atoms with Crippen molar-refractivity contribution in [3.05, 3.63) is 11.9 Å². The number of hydrogen-bond donors (Lipinski definition) is 0. The lowest BCUT2D eigenvalue weighted by Gasteiger charge is -2.00. The maximum absolute atomic E-state index is 4.24. The molecule has 0 radical (unpaired) electrons. The minimum atomic E-state index is 1.03. The zero-order chi connectivity index (χ0) is 13.1. The largest absolute Gasteiger partial charge is 0.252 e. The Bertz CT molecular complexity index is 294. The van der Waals surface area contributed by atoms with Gasteiger partial charge in [0.1, 0.15) is 0 Å². The van der Waals surface area contributed by atoms with Crippen LogP contribution in [0.25, 0.3) is 0 Å². The van der Waals surface area contributed by atoms with Gasteiger partial charge in [-0.15, -0.1) is 5.10 Å². The fourth-order valence-electron chi connectivity index (χ4n) is 2.17. The third-order valence-electron chi connectivity index (χ3n) is 3.36.